The Morgan fingerprint density at radius 3 is 2.53 bits per heavy atom. The van der Waals surface area contributed by atoms with Gasteiger partial charge in [-0.05, 0) is 63.9 Å². The van der Waals surface area contributed by atoms with Gasteiger partial charge in [-0.1, -0.05) is 12.1 Å². The summed E-state index contributed by atoms with van der Waals surface area (Å²) in [5.74, 6) is -0.110. The van der Waals surface area contributed by atoms with Crippen LogP contribution in [-0.4, -0.2) is 31.1 Å². The minimum atomic E-state index is -0.110. The largest absolute Gasteiger partial charge is 0.317 e. The molecule has 1 aromatic carbocycles. The smallest absolute Gasteiger partial charge is 0.126 e. The first-order chi connectivity index (χ1) is 9.10. The van der Waals surface area contributed by atoms with Crippen LogP contribution in [0.2, 0.25) is 0 Å². The van der Waals surface area contributed by atoms with Gasteiger partial charge in [0.2, 0.25) is 0 Å². The van der Waals surface area contributed by atoms with Gasteiger partial charge in [0.25, 0.3) is 0 Å². The Bertz CT molecular complexity index is 411. The molecule has 0 amide bonds. The third-order valence-corrected chi connectivity index (χ3v) is 4.38. The Morgan fingerprint density at radius 1 is 1.26 bits per heavy atom. The van der Waals surface area contributed by atoms with Gasteiger partial charge in [0.1, 0.15) is 5.82 Å². The zero-order chi connectivity index (χ0) is 13.8. The summed E-state index contributed by atoms with van der Waals surface area (Å²) in [4.78, 5) is 2.42. The van der Waals surface area contributed by atoms with Crippen LogP contribution in [0.5, 0.6) is 0 Å². The van der Waals surface area contributed by atoms with E-state index in [9.17, 15) is 4.39 Å². The fourth-order valence-corrected chi connectivity index (χ4v) is 3.03. The molecular formula is C16H25FN2. The molecule has 1 N–H and O–H groups in total. The summed E-state index contributed by atoms with van der Waals surface area (Å²) in [5, 5.41) is 3.37. The van der Waals surface area contributed by atoms with Gasteiger partial charge in [0.15, 0.2) is 0 Å². The van der Waals surface area contributed by atoms with E-state index in [1.54, 1.807) is 6.07 Å². The normalized spacial score (nSPS) is 23.8. The van der Waals surface area contributed by atoms with E-state index in [-0.39, 0.29) is 5.82 Å². The van der Waals surface area contributed by atoms with Gasteiger partial charge in [0, 0.05) is 18.6 Å². The first-order valence-corrected chi connectivity index (χ1v) is 7.22. The molecule has 0 aliphatic heterocycles. The predicted octanol–water partition coefficient (Wildman–Crippen LogP) is 3.10. The number of benzene rings is 1. The molecule has 2 rings (SSSR count). The third-order valence-electron chi connectivity index (χ3n) is 4.38. The molecule has 0 heterocycles. The van der Waals surface area contributed by atoms with Crippen molar-refractivity contribution in [2.75, 3.05) is 14.1 Å². The molecule has 0 radical (unpaired) electrons. The quantitative estimate of drug-likeness (QED) is 0.899. The van der Waals surface area contributed by atoms with E-state index >= 15 is 0 Å². The van der Waals surface area contributed by atoms with Crippen molar-refractivity contribution in [2.45, 2.75) is 51.2 Å². The van der Waals surface area contributed by atoms with Crippen LogP contribution in [0.15, 0.2) is 18.2 Å². The average molecular weight is 264 g/mol. The van der Waals surface area contributed by atoms with Crippen LogP contribution in [0.4, 0.5) is 4.39 Å². The first kappa shape index (κ1) is 14.5. The first-order valence-electron chi connectivity index (χ1n) is 7.22. The second kappa shape index (κ2) is 6.49. The minimum absolute atomic E-state index is 0.110. The molecule has 1 saturated carbocycles. The number of hydrogen-bond acceptors (Lipinski definition) is 2. The zero-order valence-corrected chi connectivity index (χ0v) is 12.2. The Balaban J connectivity index is 1.90. The fourth-order valence-electron chi connectivity index (χ4n) is 3.03. The molecule has 1 aliphatic rings. The number of halogens is 1. The van der Waals surface area contributed by atoms with E-state index in [2.05, 4.69) is 24.3 Å². The SMILES string of the molecule is CNC1CCC(N(C)Cc2ccc(F)c(C)c2)CC1. The molecule has 1 aliphatic carbocycles. The van der Waals surface area contributed by atoms with Gasteiger partial charge in [-0.3, -0.25) is 4.90 Å². The number of nitrogens with zero attached hydrogens (tertiary/aromatic N) is 1. The van der Waals surface area contributed by atoms with Crippen LogP contribution in [0.25, 0.3) is 0 Å². The summed E-state index contributed by atoms with van der Waals surface area (Å²) < 4.78 is 13.3. The number of hydrogen-bond donors (Lipinski definition) is 1. The van der Waals surface area contributed by atoms with E-state index in [1.165, 1.54) is 31.2 Å². The highest BCUT2D eigenvalue weighted by Gasteiger charge is 2.22. The van der Waals surface area contributed by atoms with Crippen LogP contribution in [-0.2, 0) is 6.54 Å². The molecule has 0 unspecified atom stereocenters. The van der Waals surface area contributed by atoms with Crippen molar-refractivity contribution in [3.63, 3.8) is 0 Å². The molecular weight excluding hydrogens is 239 g/mol. The molecule has 0 aromatic heterocycles. The summed E-state index contributed by atoms with van der Waals surface area (Å²) in [6.07, 6.45) is 5.02. The van der Waals surface area contributed by atoms with Crippen LogP contribution >= 0.6 is 0 Å². The van der Waals surface area contributed by atoms with Gasteiger partial charge in [-0.15, -0.1) is 0 Å². The van der Waals surface area contributed by atoms with Crippen molar-refractivity contribution in [3.05, 3.63) is 35.1 Å². The van der Waals surface area contributed by atoms with E-state index < -0.39 is 0 Å². The summed E-state index contributed by atoms with van der Waals surface area (Å²) in [5.41, 5.74) is 1.95. The lowest BCUT2D eigenvalue weighted by atomic mass is 9.90. The van der Waals surface area contributed by atoms with E-state index in [1.807, 2.05) is 19.1 Å². The Kier molecular flexibility index (Phi) is 4.94. The van der Waals surface area contributed by atoms with E-state index in [0.717, 1.165) is 12.1 Å². The molecule has 0 saturated heterocycles. The van der Waals surface area contributed by atoms with E-state index in [0.29, 0.717) is 12.1 Å². The fraction of sp³-hybridized carbons (Fsp3) is 0.625. The van der Waals surface area contributed by atoms with Crippen LogP contribution < -0.4 is 5.32 Å². The Hall–Kier alpha value is -0.930. The zero-order valence-electron chi connectivity index (χ0n) is 12.2. The van der Waals surface area contributed by atoms with Gasteiger partial charge >= 0.3 is 0 Å². The molecule has 1 fully saturated rings. The maximum absolute atomic E-state index is 13.3. The van der Waals surface area contributed by atoms with Gasteiger partial charge in [0.05, 0.1) is 0 Å². The monoisotopic (exact) mass is 264 g/mol. The lowest BCUT2D eigenvalue weighted by molar-refractivity contribution is 0.170. The highest BCUT2D eigenvalue weighted by Crippen LogP contribution is 2.23. The van der Waals surface area contributed by atoms with Crippen molar-refractivity contribution in [1.82, 2.24) is 10.2 Å². The lowest BCUT2D eigenvalue weighted by Gasteiger charge is -2.34. The molecule has 0 atom stereocenters. The third kappa shape index (κ3) is 3.77. The minimum Gasteiger partial charge on any atom is -0.317 e. The van der Waals surface area contributed by atoms with Crippen molar-refractivity contribution in [2.24, 2.45) is 0 Å². The van der Waals surface area contributed by atoms with Gasteiger partial charge < -0.3 is 5.32 Å². The Morgan fingerprint density at radius 2 is 1.95 bits per heavy atom. The summed E-state index contributed by atoms with van der Waals surface area (Å²) in [6, 6.07) is 6.80. The number of nitrogens with one attached hydrogen (secondary N) is 1. The lowest BCUT2D eigenvalue weighted by Crippen LogP contribution is -2.39. The standard InChI is InChI=1S/C16H25FN2/c1-12-10-13(4-9-16(12)17)11-19(3)15-7-5-14(18-2)6-8-15/h4,9-10,14-15,18H,5-8,11H2,1-3H3. The molecule has 0 bridgehead atoms. The van der Waals surface area contributed by atoms with E-state index in [4.69, 9.17) is 0 Å². The van der Waals surface area contributed by atoms with Gasteiger partial charge in [-0.2, -0.15) is 0 Å². The number of aryl methyl sites for hydroxylation is 1. The maximum atomic E-state index is 13.3. The van der Waals surface area contributed by atoms with Crippen molar-refractivity contribution >= 4 is 0 Å². The molecule has 106 valence electrons. The molecule has 19 heavy (non-hydrogen) atoms. The van der Waals surface area contributed by atoms with Crippen molar-refractivity contribution in [3.8, 4) is 0 Å². The van der Waals surface area contributed by atoms with Crippen molar-refractivity contribution < 1.29 is 4.39 Å². The molecule has 2 nitrogen and oxygen atoms in total. The van der Waals surface area contributed by atoms with Crippen LogP contribution in [0.3, 0.4) is 0 Å². The van der Waals surface area contributed by atoms with Crippen LogP contribution in [0.1, 0.15) is 36.8 Å². The van der Waals surface area contributed by atoms with Crippen molar-refractivity contribution in [1.29, 1.82) is 0 Å². The maximum Gasteiger partial charge on any atom is 0.126 e. The molecule has 3 heteroatoms. The van der Waals surface area contributed by atoms with Gasteiger partial charge in [-0.25, -0.2) is 4.39 Å². The Labute approximate surface area is 116 Å². The number of rotatable bonds is 4. The predicted molar refractivity (Wildman–Crippen MR) is 77.7 cm³/mol. The summed E-state index contributed by atoms with van der Waals surface area (Å²) in [6.45, 7) is 2.74. The second-order valence-electron chi connectivity index (χ2n) is 5.79. The second-order valence-corrected chi connectivity index (χ2v) is 5.79. The molecule has 0 spiro atoms. The summed E-state index contributed by atoms with van der Waals surface area (Å²) >= 11 is 0. The highest BCUT2D eigenvalue weighted by atomic mass is 19.1. The molecule has 1 aromatic rings. The topological polar surface area (TPSA) is 15.3 Å². The highest BCUT2D eigenvalue weighted by molar-refractivity contribution is 5.23. The summed E-state index contributed by atoms with van der Waals surface area (Å²) in [7, 11) is 4.24. The average Bonchev–Trinajstić information content (AvgIpc) is 2.43. The van der Waals surface area contributed by atoms with Crippen LogP contribution in [0, 0.1) is 12.7 Å².